The highest BCUT2D eigenvalue weighted by Crippen LogP contribution is 2.45. The molecule has 9 nitrogen and oxygen atoms in total. The van der Waals surface area contributed by atoms with E-state index in [2.05, 4.69) is 0 Å². The highest BCUT2D eigenvalue weighted by Gasteiger charge is 2.44. The maximum absolute atomic E-state index is 11.5. The van der Waals surface area contributed by atoms with Crippen molar-refractivity contribution in [3.63, 3.8) is 0 Å². The van der Waals surface area contributed by atoms with Gasteiger partial charge in [-0.25, -0.2) is 0 Å². The lowest BCUT2D eigenvalue weighted by molar-refractivity contribution is -0.385. The molecule has 1 heterocycles. The lowest BCUT2D eigenvalue weighted by Crippen LogP contribution is -2.29. The third kappa shape index (κ3) is 4.57. The third-order valence-corrected chi connectivity index (χ3v) is 5.22. The molecule has 1 aliphatic heterocycles. The summed E-state index contributed by atoms with van der Waals surface area (Å²) in [4.78, 5) is 11.0. The monoisotopic (exact) mass is 397 g/mol. The molecule has 28 heavy (non-hydrogen) atoms. The normalized spacial score (nSPS) is 21.4. The van der Waals surface area contributed by atoms with Gasteiger partial charge in [-0.05, 0) is 18.4 Å². The number of ether oxygens (including phenoxy) is 4. The summed E-state index contributed by atoms with van der Waals surface area (Å²) in [5.74, 6) is 0.506. The van der Waals surface area contributed by atoms with Gasteiger partial charge in [0.05, 0.1) is 44.0 Å². The second-order valence-electron chi connectivity index (χ2n) is 6.77. The van der Waals surface area contributed by atoms with Crippen LogP contribution >= 0.6 is 0 Å². The van der Waals surface area contributed by atoms with E-state index in [1.807, 2.05) is 6.92 Å². The number of benzene rings is 1. The number of nitro benzene ring substituents is 1. The van der Waals surface area contributed by atoms with Gasteiger partial charge in [-0.2, -0.15) is 0 Å². The van der Waals surface area contributed by atoms with Gasteiger partial charge in [0.25, 0.3) is 0 Å². The highest BCUT2D eigenvalue weighted by atomic mass is 16.6. The summed E-state index contributed by atoms with van der Waals surface area (Å²) in [5.41, 5.74) is 0.394. The van der Waals surface area contributed by atoms with E-state index < -0.39 is 11.0 Å². The number of nitro groups is 1. The molecule has 1 fully saturated rings. The highest BCUT2D eigenvalue weighted by molar-refractivity contribution is 6.47. The van der Waals surface area contributed by atoms with E-state index in [1.54, 1.807) is 27.4 Å². The molecule has 0 radical (unpaired) electrons. The molecule has 2 rings (SSSR count). The molecule has 0 aromatic heterocycles. The van der Waals surface area contributed by atoms with E-state index in [4.69, 9.17) is 28.3 Å². The van der Waals surface area contributed by atoms with Crippen LogP contribution in [0, 0.1) is 16.0 Å². The molecule has 1 aliphatic rings. The Morgan fingerprint density at radius 3 is 2.46 bits per heavy atom. The van der Waals surface area contributed by atoms with Crippen molar-refractivity contribution in [1.82, 2.24) is 0 Å². The van der Waals surface area contributed by atoms with Crippen molar-refractivity contribution in [2.24, 2.45) is 5.92 Å². The lowest BCUT2D eigenvalue weighted by atomic mass is 9.66. The molecule has 1 aromatic carbocycles. The molecule has 156 valence electrons. The van der Waals surface area contributed by atoms with Crippen LogP contribution in [0.4, 0.5) is 5.69 Å². The Morgan fingerprint density at radius 2 is 1.96 bits per heavy atom. The topological polar surface area (TPSA) is 98.5 Å². The molecule has 1 aromatic rings. The number of methoxy groups -OCH3 is 4. The second-order valence-corrected chi connectivity index (χ2v) is 6.77. The average molecular weight is 397 g/mol. The first-order valence-corrected chi connectivity index (χ1v) is 9.02. The standard InChI is InChI=1S/C18H28BNO8/c1-11(7-14-16(24-3)10-28-19(14)27-6)17(25-4)13-8-12(23-2)9-15(20(21)22)18(13)26-5/h8-9,11,14,16-17H,7,10H2,1-6H3/t11-,14-,16+,17+/m0/s1. The molecule has 0 aliphatic carbocycles. The van der Waals surface area contributed by atoms with Crippen LogP contribution in [0.25, 0.3) is 0 Å². The summed E-state index contributed by atoms with van der Waals surface area (Å²) in [6.07, 6.45) is 0.120. The van der Waals surface area contributed by atoms with Crippen LogP contribution in [0.1, 0.15) is 25.0 Å². The Balaban J connectivity index is 2.38. The summed E-state index contributed by atoms with van der Waals surface area (Å²) < 4.78 is 33.0. The van der Waals surface area contributed by atoms with Crippen molar-refractivity contribution in [1.29, 1.82) is 0 Å². The molecule has 4 atom stereocenters. The fourth-order valence-electron chi connectivity index (χ4n) is 3.88. The Morgan fingerprint density at radius 1 is 1.25 bits per heavy atom. The van der Waals surface area contributed by atoms with E-state index in [-0.39, 0.29) is 36.4 Å². The van der Waals surface area contributed by atoms with Crippen LogP contribution in [0.5, 0.6) is 11.5 Å². The minimum Gasteiger partial charge on any atom is -0.496 e. The number of hydrogen-bond acceptors (Lipinski definition) is 8. The molecular formula is C18H28BNO8. The van der Waals surface area contributed by atoms with Gasteiger partial charge in [0, 0.05) is 32.7 Å². The molecule has 0 saturated carbocycles. The zero-order chi connectivity index (χ0) is 20.8. The molecule has 10 heteroatoms. The Kier molecular flexibility index (Phi) is 8.05. The number of rotatable bonds is 10. The molecule has 1 saturated heterocycles. The summed E-state index contributed by atoms with van der Waals surface area (Å²) in [5, 5.41) is 11.5. The van der Waals surface area contributed by atoms with Gasteiger partial charge in [0.2, 0.25) is 5.75 Å². The van der Waals surface area contributed by atoms with E-state index in [1.165, 1.54) is 20.3 Å². The molecule has 0 amide bonds. The zero-order valence-electron chi connectivity index (χ0n) is 17.2. The van der Waals surface area contributed by atoms with Gasteiger partial charge in [-0.1, -0.05) is 6.92 Å². The number of hydrogen-bond donors (Lipinski definition) is 0. The van der Waals surface area contributed by atoms with E-state index in [0.29, 0.717) is 24.3 Å². The van der Waals surface area contributed by atoms with Crippen molar-refractivity contribution < 1.29 is 33.2 Å². The maximum Gasteiger partial charge on any atom is 0.462 e. The van der Waals surface area contributed by atoms with Gasteiger partial charge < -0.3 is 28.3 Å². The fraction of sp³-hybridized carbons (Fsp3) is 0.667. The quantitative estimate of drug-likeness (QED) is 0.338. The van der Waals surface area contributed by atoms with Crippen molar-refractivity contribution in [2.45, 2.75) is 31.4 Å². The predicted octanol–water partition coefficient (Wildman–Crippen LogP) is 2.88. The predicted molar refractivity (Wildman–Crippen MR) is 103 cm³/mol. The average Bonchev–Trinajstić information content (AvgIpc) is 3.09. The van der Waals surface area contributed by atoms with Crippen LogP contribution in [0.2, 0.25) is 5.82 Å². The van der Waals surface area contributed by atoms with Gasteiger partial charge >= 0.3 is 12.8 Å². The smallest absolute Gasteiger partial charge is 0.462 e. The SMILES string of the molecule is COB1OC[C@@H](OC)[C@@H]1C[C@H](C)[C@@H](OC)c1cc(OC)cc([N+](=O)[O-])c1OC. The van der Waals surface area contributed by atoms with E-state index in [0.717, 1.165) is 0 Å². The minimum atomic E-state index is -0.491. The largest absolute Gasteiger partial charge is 0.496 e. The Labute approximate surface area is 165 Å². The fourth-order valence-corrected chi connectivity index (χ4v) is 3.88. The summed E-state index contributed by atoms with van der Waals surface area (Å²) in [7, 11) is 7.31. The minimum absolute atomic E-state index is 0.00855. The van der Waals surface area contributed by atoms with Crippen LogP contribution in [0.15, 0.2) is 12.1 Å². The third-order valence-electron chi connectivity index (χ3n) is 5.22. The van der Waals surface area contributed by atoms with Gasteiger partial charge in [0.1, 0.15) is 5.75 Å². The van der Waals surface area contributed by atoms with Crippen LogP contribution in [-0.4, -0.2) is 60.3 Å². The first-order valence-electron chi connectivity index (χ1n) is 9.02. The van der Waals surface area contributed by atoms with Crippen molar-refractivity contribution in [2.75, 3.05) is 42.2 Å². The van der Waals surface area contributed by atoms with Crippen molar-refractivity contribution in [3.05, 3.63) is 27.8 Å². The lowest BCUT2D eigenvalue weighted by Gasteiger charge is -2.28. The van der Waals surface area contributed by atoms with Crippen LogP contribution in [-0.2, 0) is 18.8 Å². The zero-order valence-corrected chi connectivity index (χ0v) is 17.2. The van der Waals surface area contributed by atoms with Gasteiger partial charge in [0.15, 0.2) is 0 Å². The maximum atomic E-state index is 11.5. The second kappa shape index (κ2) is 10.1. The molecule has 0 N–H and O–H groups in total. The number of nitrogens with zero attached hydrogens (tertiary/aromatic N) is 1. The van der Waals surface area contributed by atoms with Gasteiger partial charge in [-0.3, -0.25) is 10.1 Å². The Bertz CT molecular complexity index is 661. The molecule has 0 bridgehead atoms. The molecule has 0 spiro atoms. The Hall–Kier alpha value is -1.88. The van der Waals surface area contributed by atoms with Gasteiger partial charge in [-0.15, -0.1) is 0 Å². The van der Waals surface area contributed by atoms with Crippen LogP contribution in [0.3, 0.4) is 0 Å². The first kappa shape index (κ1) is 22.4. The van der Waals surface area contributed by atoms with E-state index in [9.17, 15) is 10.1 Å². The first-order chi connectivity index (χ1) is 13.4. The van der Waals surface area contributed by atoms with Crippen molar-refractivity contribution >= 4 is 12.8 Å². The van der Waals surface area contributed by atoms with Crippen LogP contribution < -0.4 is 9.47 Å². The molecular weight excluding hydrogens is 369 g/mol. The van der Waals surface area contributed by atoms with E-state index >= 15 is 0 Å². The summed E-state index contributed by atoms with van der Waals surface area (Å²) in [6, 6.07) is 3.05. The van der Waals surface area contributed by atoms with Crippen molar-refractivity contribution in [3.8, 4) is 11.5 Å². The summed E-state index contributed by atoms with van der Waals surface area (Å²) >= 11 is 0. The summed E-state index contributed by atoms with van der Waals surface area (Å²) in [6.45, 7) is 2.47. The molecule has 0 unspecified atom stereocenters.